The van der Waals surface area contributed by atoms with Gasteiger partial charge in [-0.3, -0.25) is 9.59 Å². The zero-order chi connectivity index (χ0) is 32.0. The highest BCUT2D eigenvalue weighted by atomic mass is 16.5. The van der Waals surface area contributed by atoms with Crippen LogP contribution in [0.3, 0.4) is 0 Å². The van der Waals surface area contributed by atoms with Crippen LogP contribution in [0.5, 0.6) is 0 Å². The smallest absolute Gasteiger partial charge is 0.324 e. The summed E-state index contributed by atoms with van der Waals surface area (Å²) in [5.41, 5.74) is 4.07. The van der Waals surface area contributed by atoms with E-state index in [0.717, 1.165) is 39.0 Å². The third kappa shape index (κ3) is 5.48. The number of benzene rings is 5. The van der Waals surface area contributed by atoms with Gasteiger partial charge in [-0.25, -0.2) is 0 Å². The van der Waals surface area contributed by atoms with E-state index in [4.69, 9.17) is 9.47 Å². The van der Waals surface area contributed by atoms with Gasteiger partial charge in [0.1, 0.15) is 0 Å². The zero-order valence-corrected chi connectivity index (χ0v) is 26.0. The van der Waals surface area contributed by atoms with E-state index in [-0.39, 0.29) is 0 Å². The van der Waals surface area contributed by atoms with Crippen LogP contribution in [-0.2, 0) is 25.5 Å². The summed E-state index contributed by atoms with van der Waals surface area (Å²) in [6, 6.07) is 50.3. The van der Waals surface area contributed by atoms with E-state index in [0.29, 0.717) is 6.42 Å². The quantitative estimate of drug-likeness (QED) is 0.119. The number of carbonyl (C=O) groups is 2. The first-order chi connectivity index (χ1) is 22.5. The van der Waals surface area contributed by atoms with Gasteiger partial charge in [-0.1, -0.05) is 164 Å². The van der Waals surface area contributed by atoms with Gasteiger partial charge in [-0.05, 0) is 45.4 Å². The van der Waals surface area contributed by atoms with Gasteiger partial charge in [0.15, 0.2) is 5.41 Å². The molecule has 4 nitrogen and oxygen atoms in total. The predicted molar refractivity (Wildman–Crippen MR) is 182 cm³/mol. The van der Waals surface area contributed by atoms with E-state index in [9.17, 15) is 9.59 Å². The number of methoxy groups -OCH3 is 2. The summed E-state index contributed by atoms with van der Waals surface area (Å²) in [6.45, 7) is 0. The molecule has 4 heteroatoms. The molecule has 0 amide bonds. The lowest BCUT2D eigenvalue weighted by Gasteiger charge is -2.22. The molecular formula is C42H36O4. The number of allylic oxidation sites excluding steroid dienone is 2. The van der Waals surface area contributed by atoms with Gasteiger partial charge in [-0.2, -0.15) is 0 Å². The number of hydrogen-bond acceptors (Lipinski definition) is 4. The normalized spacial score (nSPS) is 17.7. The average Bonchev–Trinajstić information content (AvgIpc) is 3.70. The van der Waals surface area contributed by atoms with Gasteiger partial charge in [0.2, 0.25) is 0 Å². The number of rotatable bonds is 10. The molecule has 1 aliphatic rings. The van der Waals surface area contributed by atoms with Crippen LogP contribution in [0.15, 0.2) is 164 Å². The van der Waals surface area contributed by atoms with E-state index in [1.807, 2.05) is 127 Å². The Morgan fingerprint density at radius 3 is 1.26 bits per heavy atom. The Labute approximate surface area is 270 Å². The van der Waals surface area contributed by atoms with Crippen molar-refractivity contribution < 1.29 is 19.1 Å². The van der Waals surface area contributed by atoms with E-state index < -0.39 is 28.7 Å². The first-order valence-corrected chi connectivity index (χ1v) is 15.4. The summed E-state index contributed by atoms with van der Waals surface area (Å²) >= 11 is 0. The van der Waals surface area contributed by atoms with Crippen LogP contribution in [0.1, 0.15) is 27.8 Å². The molecule has 0 aromatic heterocycles. The van der Waals surface area contributed by atoms with Crippen molar-refractivity contribution in [1.29, 1.82) is 0 Å². The van der Waals surface area contributed by atoms with Crippen LogP contribution in [0.2, 0.25) is 0 Å². The van der Waals surface area contributed by atoms with Crippen molar-refractivity contribution in [1.82, 2.24) is 0 Å². The molecule has 46 heavy (non-hydrogen) atoms. The SMILES string of the molecule is COC(=O)C1(C(=O)OC)C(C=C(c2ccccc2)c2ccccc2)C1(C=C(c1ccccc1)c1ccccc1)Cc1ccccc1. The Bertz CT molecular complexity index is 1750. The lowest BCUT2D eigenvalue weighted by Crippen LogP contribution is -2.35. The van der Waals surface area contributed by atoms with E-state index >= 15 is 0 Å². The van der Waals surface area contributed by atoms with Gasteiger partial charge in [-0.15, -0.1) is 0 Å². The van der Waals surface area contributed by atoms with E-state index in [1.54, 1.807) is 0 Å². The van der Waals surface area contributed by atoms with Crippen molar-refractivity contribution >= 4 is 23.1 Å². The predicted octanol–water partition coefficient (Wildman–Crippen LogP) is 8.44. The van der Waals surface area contributed by atoms with E-state index in [2.05, 4.69) is 36.4 Å². The number of carbonyl (C=O) groups excluding carboxylic acids is 2. The maximum Gasteiger partial charge on any atom is 0.324 e. The summed E-state index contributed by atoms with van der Waals surface area (Å²) in [7, 11) is 2.68. The number of ether oxygens (including phenoxy) is 2. The summed E-state index contributed by atoms with van der Waals surface area (Å²) < 4.78 is 11.0. The molecule has 2 atom stereocenters. The van der Waals surface area contributed by atoms with Crippen molar-refractivity contribution in [3.63, 3.8) is 0 Å². The van der Waals surface area contributed by atoms with Crippen molar-refractivity contribution in [3.05, 3.63) is 192 Å². The van der Waals surface area contributed by atoms with Crippen molar-refractivity contribution in [2.24, 2.45) is 16.7 Å². The molecule has 1 fully saturated rings. The molecule has 0 bridgehead atoms. The fourth-order valence-electron chi connectivity index (χ4n) is 6.93. The molecule has 0 radical (unpaired) electrons. The molecule has 5 aromatic carbocycles. The number of hydrogen-bond donors (Lipinski definition) is 0. The fourth-order valence-corrected chi connectivity index (χ4v) is 6.93. The minimum absolute atomic E-state index is 0.402. The van der Waals surface area contributed by atoms with Gasteiger partial charge in [0.25, 0.3) is 0 Å². The molecule has 0 N–H and O–H groups in total. The van der Waals surface area contributed by atoms with Gasteiger partial charge in [0, 0.05) is 11.3 Å². The van der Waals surface area contributed by atoms with Crippen LogP contribution in [0.25, 0.3) is 11.1 Å². The Balaban J connectivity index is 1.70. The summed E-state index contributed by atoms with van der Waals surface area (Å²) in [5, 5.41) is 0. The molecular weight excluding hydrogens is 568 g/mol. The van der Waals surface area contributed by atoms with Crippen molar-refractivity contribution in [2.75, 3.05) is 14.2 Å². The fraction of sp³-hybridized carbons (Fsp3) is 0.143. The van der Waals surface area contributed by atoms with Crippen LogP contribution < -0.4 is 0 Å². The second-order valence-corrected chi connectivity index (χ2v) is 11.6. The van der Waals surface area contributed by atoms with E-state index in [1.165, 1.54) is 14.2 Å². The van der Waals surface area contributed by atoms with Crippen LogP contribution in [-0.4, -0.2) is 26.2 Å². The Morgan fingerprint density at radius 2 is 0.891 bits per heavy atom. The highest BCUT2D eigenvalue weighted by Gasteiger charge is 2.84. The first-order valence-electron chi connectivity index (χ1n) is 15.4. The maximum atomic E-state index is 14.2. The van der Waals surface area contributed by atoms with Gasteiger partial charge < -0.3 is 9.47 Å². The second-order valence-electron chi connectivity index (χ2n) is 11.6. The molecule has 6 rings (SSSR count). The van der Waals surface area contributed by atoms with Crippen LogP contribution in [0, 0.1) is 16.7 Å². The summed E-state index contributed by atoms with van der Waals surface area (Å²) in [5.74, 6) is -1.83. The summed E-state index contributed by atoms with van der Waals surface area (Å²) in [4.78, 5) is 28.5. The molecule has 5 aromatic rings. The molecule has 1 aliphatic carbocycles. The third-order valence-corrected chi connectivity index (χ3v) is 9.10. The average molecular weight is 605 g/mol. The highest BCUT2D eigenvalue weighted by Crippen LogP contribution is 2.74. The molecule has 0 saturated heterocycles. The molecule has 0 heterocycles. The standard InChI is InChI=1S/C42H36O4/c1-45-39(43)42(40(44)46-2)38(28-36(32-20-10-4-11-21-32)33-22-12-5-13-23-33)41(42,29-31-18-8-3-9-19-31)30-37(34-24-14-6-15-25-34)35-26-16-7-17-27-35/h3-28,30,38H,29H2,1-2H3. The van der Waals surface area contributed by atoms with Gasteiger partial charge >= 0.3 is 11.9 Å². The Kier molecular flexibility index (Phi) is 8.80. The van der Waals surface area contributed by atoms with Crippen molar-refractivity contribution in [3.8, 4) is 0 Å². The highest BCUT2D eigenvalue weighted by molar-refractivity contribution is 6.08. The number of esters is 2. The van der Waals surface area contributed by atoms with Gasteiger partial charge in [0.05, 0.1) is 14.2 Å². The lowest BCUT2D eigenvalue weighted by molar-refractivity contribution is -0.163. The zero-order valence-electron chi connectivity index (χ0n) is 26.0. The molecule has 0 aliphatic heterocycles. The Morgan fingerprint density at radius 1 is 0.543 bits per heavy atom. The minimum Gasteiger partial charge on any atom is -0.468 e. The second kappa shape index (κ2) is 13.3. The molecule has 0 spiro atoms. The third-order valence-electron chi connectivity index (χ3n) is 9.10. The first kappa shape index (κ1) is 30.5. The van der Waals surface area contributed by atoms with Crippen LogP contribution in [0.4, 0.5) is 0 Å². The molecule has 228 valence electrons. The van der Waals surface area contributed by atoms with Crippen LogP contribution >= 0.6 is 0 Å². The lowest BCUT2D eigenvalue weighted by atomic mass is 9.82. The topological polar surface area (TPSA) is 52.6 Å². The monoisotopic (exact) mass is 604 g/mol. The summed E-state index contributed by atoms with van der Waals surface area (Å²) in [6.07, 6.45) is 4.62. The Hall–Kier alpha value is -5.48. The van der Waals surface area contributed by atoms with Crippen molar-refractivity contribution in [2.45, 2.75) is 6.42 Å². The minimum atomic E-state index is -1.64. The molecule has 1 saturated carbocycles. The maximum absolute atomic E-state index is 14.2. The largest absolute Gasteiger partial charge is 0.468 e. The molecule has 2 unspecified atom stereocenters.